The Kier molecular flexibility index (Phi) is 4.77. The predicted molar refractivity (Wildman–Crippen MR) is 90.6 cm³/mol. The van der Waals surface area contributed by atoms with Crippen LogP contribution in [0.15, 0.2) is 28.7 Å². The largest absolute Gasteiger partial charge is 0.459 e. The highest BCUT2D eigenvalue weighted by Gasteiger charge is 2.21. The average Bonchev–Trinajstić information content (AvgIpc) is 2.76. The molecule has 116 valence electrons. The number of rotatable bonds is 5. The van der Waals surface area contributed by atoms with Crippen molar-refractivity contribution in [3.8, 4) is 0 Å². The van der Waals surface area contributed by atoms with Crippen LogP contribution in [0.4, 0.5) is 0 Å². The summed E-state index contributed by atoms with van der Waals surface area (Å²) in [4.78, 5) is 0. The van der Waals surface area contributed by atoms with Crippen molar-refractivity contribution in [2.45, 2.75) is 53.5 Å². The molecule has 0 aliphatic heterocycles. The van der Waals surface area contributed by atoms with Crippen LogP contribution in [0, 0.1) is 18.3 Å². The lowest BCUT2D eigenvalue weighted by atomic mass is 9.82. The first-order valence-electron chi connectivity index (χ1n) is 7.96. The molecule has 0 bridgehead atoms. The molecule has 1 heterocycles. The Balaban J connectivity index is 2.15. The van der Waals surface area contributed by atoms with Gasteiger partial charge in [0.05, 0.1) is 6.04 Å². The molecule has 0 aliphatic rings. The number of furan rings is 1. The summed E-state index contributed by atoms with van der Waals surface area (Å²) in [7, 11) is 2.02. The molecular formula is C19H29NO. The van der Waals surface area contributed by atoms with Crippen molar-refractivity contribution in [3.63, 3.8) is 0 Å². The zero-order valence-electron chi connectivity index (χ0n) is 14.3. The van der Waals surface area contributed by atoms with Gasteiger partial charge in [-0.15, -0.1) is 0 Å². The summed E-state index contributed by atoms with van der Waals surface area (Å²) >= 11 is 0. The lowest BCUT2D eigenvalue weighted by Gasteiger charge is -2.25. The summed E-state index contributed by atoms with van der Waals surface area (Å²) < 4.78 is 6.04. The third kappa shape index (κ3) is 4.34. The highest BCUT2D eigenvalue weighted by atomic mass is 16.3. The maximum atomic E-state index is 6.04. The van der Waals surface area contributed by atoms with Crippen LogP contribution in [-0.2, 0) is 0 Å². The molecule has 1 aromatic heterocycles. The minimum atomic E-state index is 0.287. The Morgan fingerprint density at radius 1 is 1.19 bits per heavy atom. The molecule has 0 saturated carbocycles. The van der Waals surface area contributed by atoms with Crippen LogP contribution in [0.5, 0.6) is 0 Å². The molecular weight excluding hydrogens is 258 g/mol. The van der Waals surface area contributed by atoms with Gasteiger partial charge in [0.1, 0.15) is 11.3 Å². The quantitative estimate of drug-likeness (QED) is 0.789. The van der Waals surface area contributed by atoms with Crippen LogP contribution in [-0.4, -0.2) is 7.05 Å². The standard InChI is InChI=1S/C19H29NO/c1-13-7-8-17-15(9-13)11-18(21-17)16(20-6)10-14(2)12-19(3,4)5/h7-9,11,14,16,20H,10,12H2,1-6H3. The minimum Gasteiger partial charge on any atom is -0.459 e. The molecule has 0 aliphatic carbocycles. The van der Waals surface area contributed by atoms with Gasteiger partial charge >= 0.3 is 0 Å². The number of hydrogen-bond acceptors (Lipinski definition) is 2. The fourth-order valence-electron chi connectivity index (χ4n) is 3.26. The third-order valence-electron chi connectivity index (χ3n) is 3.98. The van der Waals surface area contributed by atoms with Gasteiger partial charge in [0.2, 0.25) is 0 Å². The van der Waals surface area contributed by atoms with Gasteiger partial charge in [-0.05, 0) is 56.3 Å². The van der Waals surface area contributed by atoms with E-state index in [0.29, 0.717) is 11.3 Å². The number of aryl methyl sites for hydroxylation is 1. The molecule has 2 atom stereocenters. The van der Waals surface area contributed by atoms with Crippen LogP contribution in [0.25, 0.3) is 11.0 Å². The van der Waals surface area contributed by atoms with Gasteiger partial charge in [0, 0.05) is 5.39 Å². The molecule has 1 aromatic carbocycles. The van der Waals surface area contributed by atoms with Crippen LogP contribution >= 0.6 is 0 Å². The minimum absolute atomic E-state index is 0.287. The molecule has 2 heteroatoms. The van der Waals surface area contributed by atoms with E-state index >= 15 is 0 Å². The van der Waals surface area contributed by atoms with Crippen LogP contribution in [0.2, 0.25) is 0 Å². The number of fused-ring (bicyclic) bond motifs is 1. The molecule has 2 nitrogen and oxygen atoms in total. The summed E-state index contributed by atoms with van der Waals surface area (Å²) in [5, 5.41) is 4.62. The van der Waals surface area contributed by atoms with Crippen molar-refractivity contribution in [2.24, 2.45) is 11.3 Å². The van der Waals surface area contributed by atoms with E-state index in [9.17, 15) is 0 Å². The van der Waals surface area contributed by atoms with Gasteiger partial charge in [-0.3, -0.25) is 0 Å². The molecule has 0 radical (unpaired) electrons. The van der Waals surface area contributed by atoms with Gasteiger partial charge in [0.15, 0.2) is 0 Å². The van der Waals surface area contributed by atoms with Crippen LogP contribution in [0.3, 0.4) is 0 Å². The summed E-state index contributed by atoms with van der Waals surface area (Å²) in [6.07, 6.45) is 2.33. The highest BCUT2D eigenvalue weighted by Crippen LogP contribution is 2.32. The average molecular weight is 287 g/mol. The Hall–Kier alpha value is -1.28. The zero-order valence-corrected chi connectivity index (χ0v) is 14.3. The van der Waals surface area contributed by atoms with Crippen molar-refractivity contribution >= 4 is 11.0 Å². The van der Waals surface area contributed by atoms with Crippen molar-refractivity contribution in [3.05, 3.63) is 35.6 Å². The zero-order chi connectivity index (χ0) is 15.6. The second-order valence-corrected chi connectivity index (χ2v) is 7.64. The topological polar surface area (TPSA) is 25.2 Å². The smallest absolute Gasteiger partial charge is 0.134 e. The molecule has 0 amide bonds. The van der Waals surface area contributed by atoms with E-state index in [1.165, 1.54) is 17.4 Å². The van der Waals surface area contributed by atoms with Crippen molar-refractivity contribution < 1.29 is 4.42 Å². The van der Waals surface area contributed by atoms with E-state index in [0.717, 1.165) is 17.8 Å². The van der Waals surface area contributed by atoms with Gasteiger partial charge in [-0.1, -0.05) is 39.3 Å². The van der Waals surface area contributed by atoms with E-state index in [1.807, 2.05) is 7.05 Å². The van der Waals surface area contributed by atoms with Gasteiger partial charge in [0.25, 0.3) is 0 Å². The number of benzene rings is 1. The van der Waals surface area contributed by atoms with Crippen LogP contribution < -0.4 is 5.32 Å². The van der Waals surface area contributed by atoms with Crippen LogP contribution in [0.1, 0.15) is 57.9 Å². The number of nitrogens with one attached hydrogen (secondary N) is 1. The van der Waals surface area contributed by atoms with Crippen molar-refractivity contribution in [2.75, 3.05) is 7.05 Å². The first-order valence-corrected chi connectivity index (χ1v) is 7.96. The first-order chi connectivity index (χ1) is 9.78. The lowest BCUT2D eigenvalue weighted by molar-refractivity contribution is 0.270. The molecule has 0 spiro atoms. The second-order valence-electron chi connectivity index (χ2n) is 7.64. The second kappa shape index (κ2) is 6.23. The monoisotopic (exact) mass is 287 g/mol. The van der Waals surface area contributed by atoms with E-state index in [1.54, 1.807) is 0 Å². The van der Waals surface area contributed by atoms with E-state index in [4.69, 9.17) is 4.42 Å². The third-order valence-corrected chi connectivity index (χ3v) is 3.98. The highest BCUT2D eigenvalue weighted by molar-refractivity contribution is 5.78. The Morgan fingerprint density at radius 2 is 1.90 bits per heavy atom. The van der Waals surface area contributed by atoms with Crippen molar-refractivity contribution in [1.82, 2.24) is 5.32 Å². The summed E-state index contributed by atoms with van der Waals surface area (Å²) in [6, 6.07) is 8.84. The maximum Gasteiger partial charge on any atom is 0.134 e. The van der Waals surface area contributed by atoms with Crippen molar-refractivity contribution in [1.29, 1.82) is 0 Å². The molecule has 2 rings (SSSR count). The first kappa shape index (κ1) is 16.1. The molecule has 21 heavy (non-hydrogen) atoms. The molecule has 2 aromatic rings. The molecule has 0 fully saturated rings. The summed E-state index contributed by atoms with van der Waals surface area (Å²) in [5.41, 5.74) is 2.64. The van der Waals surface area contributed by atoms with E-state index in [-0.39, 0.29) is 6.04 Å². The summed E-state index contributed by atoms with van der Waals surface area (Å²) in [6.45, 7) is 11.4. The Morgan fingerprint density at radius 3 is 2.52 bits per heavy atom. The normalized spacial score (nSPS) is 15.3. The van der Waals surface area contributed by atoms with E-state index in [2.05, 4.69) is 64.2 Å². The fraction of sp³-hybridized carbons (Fsp3) is 0.579. The summed E-state index contributed by atoms with van der Waals surface area (Å²) in [5.74, 6) is 1.72. The number of hydrogen-bond donors (Lipinski definition) is 1. The molecule has 1 N–H and O–H groups in total. The SMILES string of the molecule is CNC(CC(C)CC(C)(C)C)c1cc2cc(C)ccc2o1. The lowest BCUT2D eigenvalue weighted by Crippen LogP contribution is -2.21. The van der Waals surface area contributed by atoms with Gasteiger partial charge < -0.3 is 9.73 Å². The Bertz CT molecular complexity index is 591. The Labute approximate surface area is 128 Å². The maximum absolute atomic E-state index is 6.04. The van der Waals surface area contributed by atoms with Gasteiger partial charge in [-0.25, -0.2) is 0 Å². The molecule has 2 unspecified atom stereocenters. The predicted octanol–water partition coefficient (Wildman–Crippen LogP) is 5.46. The van der Waals surface area contributed by atoms with Gasteiger partial charge in [-0.2, -0.15) is 0 Å². The van der Waals surface area contributed by atoms with E-state index < -0.39 is 0 Å². The molecule has 0 saturated heterocycles. The fourth-order valence-corrected chi connectivity index (χ4v) is 3.26.